The molecule has 0 saturated heterocycles. The maximum Gasteiger partial charge on any atom is 0.407 e. The standard InChI is InChI=1S/C27H32N2O6/c30-25(31)11-13-34-14-12-28-26(32)19(15-18-9-10-18)16-29-27(33)35-17-24-22-7-3-1-5-20(22)21-6-2-4-8-23(21)24/h1-8,18-19,24H,9-17H2,(H,28,32)(H,29,33)(H,30,31). The largest absolute Gasteiger partial charge is 0.481 e. The lowest BCUT2D eigenvalue weighted by atomic mass is 9.98. The Hall–Kier alpha value is -3.39. The molecular formula is C27H32N2O6. The summed E-state index contributed by atoms with van der Waals surface area (Å²) in [5.74, 6) is -0.903. The van der Waals surface area contributed by atoms with Crippen molar-refractivity contribution in [2.45, 2.75) is 31.6 Å². The Morgan fingerprint density at radius 2 is 1.60 bits per heavy atom. The number of amides is 2. The SMILES string of the molecule is O=C(O)CCOCCNC(=O)C(CNC(=O)OCC1c2ccccc2-c2ccccc21)CC1CC1. The van der Waals surface area contributed by atoms with Crippen LogP contribution in [0, 0.1) is 11.8 Å². The topological polar surface area (TPSA) is 114 Å². The molecule has 0 aromatic heterocycles. The molecule has 35 heavy (non-hydrogen) atoms. The van der Waals surface area contributed by atoms with Crippen molar-refractivity contribution in [3.8, 4) is 11.1 Å². The number of carbonyl (C=O) groups excluding carboxylic acids is 2. The molecule has 0 heterocycles. The highest BCUT2D eigenvalue weighted by Gasteiger charge is 2.31. The molecule has 1 saturated carbocycles. The third-order valence-electron chi connectivity index (χ3n) is 6.53. The fourth-order valence-corrected chi connectivity index (χ4v) is 4.55. The second kappa shape index (κ2) is 11.8. The van der Waals surface area contributed by atoms with E-state index in [1.165, 1.54) is 11.1 Å². The molecule has 2 aromatic rings. The second-order valence-corrected chi connectivity index (χ2v) is 9.13. The minimum absolute atomic E-state index is 0.0140. The van der Waals surface area contributed by atoms with Crippen LogP contribution in [-0.4, -0.2) is 56.0 Å². The molecule has 0 bridgehead atoms. The Morgan fingerprint density at radius 1 is 0.943 bits per heavy atom. The van der Waals surface area contributed by atoms with E-state index < -0.39 is 12.1 Å². The van der Waals surface area contributed by atoms with Crippen molar-refractivity contribution in [2.75, 3.05) is 32.9 Å². The Kier molecular flexibility index (Phi) is 8.36. The van der Waals surface area contributed by atoms with Crippen molar-refractivity contribution in [3.05, 3.63) is 59.7 Å². The summed E-state index contributed by atoms with van der Waals surface area (Å²) in [6.07, 6.45) is 2.33. The van der Waals surface area contributed by atoms with Crippen molar-refractivity contribution in [3.63, 3.8) is 0 Å². The normalized spacial score (nSPS) is 15.1. The predicted octanol–water partition coefficient (Wildman–Crippen LogP) is 3.55. The molecule has 0 radical (unpaired) electrons. The van der Waals surface area contributed by atoms with Crippen LogP contribution in [0.4, 0.5) is 4.79 Å². The van der Waals surface area contributed by atoms with Crippen LogP contribution in [0.5, 0.6) is 0 Å². The minimum atomic E-state index is -0.919. The number of hydrogen-bond donors (Lipinski definition) is 3. The van der Waals surface area contributed by atoms with Crippen LogP contribution in [0.25, 0.3) is 11.1 Å². The summed E-state index contributed by atoms with van der Waals surface area (Å²) < 4.78 is 10.8. The maximum absolute atomic E-state index is 12.6. The molecule has 1 fully saturated rings. The first kappa shape index (κ1) is 24.7. The lowest BCUT2D eigenvalue weighted by Gasteiger charge is -2.18. The fraction of sp³-hybridized carbons (Fsp3) is 0.444. The van der Waals surface area contributed by atoms with Crippen molar-refractivity contribution in [1.82, 2.24) is 10.6 Å². The van der Waals surface area contributed by atoms with Gasteiger partial charge in [-0.25, -0.2) is 4.79 Å². The van der Waals surface area contributed by atoms with Gasteiger partial charge in [-0.3, -0.25) is 9.59 Å². The van der Waals surface area contributed by atoms with Gasteiger partial charge in [0.25, 0.3) is 0 Å². The van der Waals surface area contributed by atoms with Gasteiger partial charge >= 0.3 is 12.1 Å². The molecule has 8 nitrogen and oxygen atoms in total. The number of hydrogen-bond acceptors (Lipinski definition) is 5. The Balaban J connectivity index is 1.24. The van der Waals surface area contributed by atoms with Gasteiger partial charge in [-0.05, 0) is 34.6 Å². The quantitative estimate of drug-likeness (QED) is 0.378. The van der Waals surface area contributed by atoms with E-state index >= 15 is 0 Å². The zero-order valence-corrected chi connectivity index (χ0v) is 19.7. The fourth-order valence-electron chi connectivity index (χ4n) is 4.55. The third kappa shape index (κ3) is 6.82. The number of fused-ring (bicyclic) bond motifs is 3. The van der Waals surface area contributed by atoms with Gasteiger partial charge in [0.2, 0.25) is 5.91 Å². The van der Waals surface area contributed by atoms with E-state index in [1.807, 2.05) is 24.3 Å². The number of carboxylic acid groups (broad SMARTS) is 1. The number of benzene rings is 2. The van der Waals surface area contributed by atoms with Gasteiger partial charge in [0.05, 0.1) is 25.6 Å². The van der Waals surface area contributed by atoms with Crippen LogP contribution in [0.2, 0.25) is 0 Å². The molecule has 1 atom stereocenters. The minimum Gasteiger partial charge on any atom is -0.481 e. The summed E-state index contributed by atoms with van der Waals surface area (Å²) in [5.41, 5.74) is 4.64. The van der Waals surface area contributed by atoms with Crippen molar-refractivity contribution in [2.24, 2.45) is 11.8 Å². The average molecular weight is 481 g/mol. The van der Waals surface area contributed by atoms with Gasteiger partial charge in [-0.2, -0.15) is 0 Å². The van der Waals surface area contributed by atoms with Gasteiger partial charge in [0, 0.05) is 19.0 Å². The van der Waals surface area contributed by atoms with Crippen molar-refractivity contribution >= 4 is 18.0 Å². The first-order chi connectivity index (χ1) is 17.0. The van der Waals surface area contributed by atoms with Crippen LogP contribution < -0.4 is 10.6 Å². The Morgan fingerprint density at radius 3 is 2.23 bits per heavy atom. The first-order valence-electron chi connectivity index (χ1n) is 12.2. The summed E-state index contributed by atoms with van der Waals surface area (Å²) >= 11 is 0. The Bertz CT molecular complexity index is 1010. The summed E-state index contributed by atoms with van der Waals surface area (Å²) in [6.45, 7) is 1.09. The summed E-state index contributed by atoms with van der Waals surface area (Å²) in [7, 11) is 0. The molecule has 2 amide bonds. The van der Waals surface area contributed by atoms with E-state index in [0.29, 0.717) is 12.5 Å². The zero-order chi connectivity index (χ0) is 24.6. The number of carboxylic acids is 1. The summed E-state index contributed by atoms with van der Waals surface area (Å²) in [6, 6.07) is 16.3. The van der Waals surface area contributed by atoms with Crippen LogP contribution in [0.3, 0.4) is 0 Å². The van der Waals surface area contributed by atoms with E-state index in [0.717, 1.165) is 30.4 Å². The highest BCUT2D eigenvalue weighted by molar-refractivity contribution is 5.80. The molecule has 2 aliphatic rings. The lowest BCUT2D eigenvalue weighted by molar-refractivity contribution is -0.138. The van der Waals surface area contributed by atoms with Crippen LogP contribution in [-0.2, 0) is 19.1 Å². The van der Waals surface area contributed by atoms with Gasteiger partial charge in [-0.1, -0.05) is 61.4 Å². The Labute approximate surface area is 205 Å². The average Bonchev–Trinajstić information content (AvgIpc) is 3.63. The first-order valence-corrected chi connectivity index (χ1v) is 12.2. The number of alkyl carbamates (subject to hydrolysis) is 1. The zero-order valence-electron chi connectivity index (χ0n) is 19.7. The van der Waals surface area contributed by atoms with E-state index in [2.05, 4.69) is 34.9 Å². The molecule has 3 N–H and O–H groups in total. The van der Waals surface area contributed by atoms with E-state index in [-0.39, 0.29) is 50.5 Å². The molecule has 1 unspecified atom stereocenters. The number of ether oxygens (including phenoxy) is 2. The van der Waals surface area contributed by atoms with Gasteiger partial charge in [0.15, 0.2) is 0 Å². The van der Waals surface area contributed by atoms with Gasteiger partial charge in [0.1, 0.15) is 6.61 Å². The number of nitrogens with one attached hydrogen (secondary N) is 2. The molecule has 0 aliphatic heterocycles. The summed E-state index contributed by atoms with van der Waals surface area (Å²) in [5, 5.41) is 14.2. The van der Waals surface area contributed by atoms with Crippen LogP contribution >= 0.6 is 0 Å². The second-order valence-electron chi connectivity index (χ2n) is 9.13. The summed E-state index contributed by atoms with van der Waals surface area (Å²) in [4.78, 5) is 35.7. The smallest absolute Gasteiger partial charge is 0.407 e. The predicted molar refractivity (Wildman–Crippen MR) is 130 cm³/mol. The number of rotatable bonds is 13. The van der Waals surface area contributed by atoms with E-state index in [9.17, 15) is 14.4 Å². The lowest BCUT2D eigenvalue weighted by Crippen LogP contribution is -2.40. The van der Waals surface area contributed by atoms with Crippen LogP contribution in [0.1, 0.15) is 42.7 Å². The molecule has 8 heteroatoms. The number of aliphatic carboxylic acids is 1. The molecular weight excluding hydrogens is 448 g/mol. The van der Waals surface area contributed by atoms with Crippen molar-refractivity contribution < 1.29 is 29.0 Å². The molecule has 186 valence electrons. The third-order valence-corrected chi connectivity index (χ3v) is 6.53. The van der Waals surface area contributed by atoms with E-state index in [4.69, 9.17) is 14.6 Å². The highest BCUT2D eigenvalue weighted by atomic mass is 16.5. The molecule has 0 spiro atoms. The number of carbonyl (C=O) groups is 3. The monoisotopic (exact) mass is 480 g/mol. The van der Waals surface area contributed by atoms with E-state index in [1.54, 1.807) is 0 Å². The van der Waals surface area contributed by atoms with Gasteiger partial charge < -0.3 is 25.2 Å². The maximum atomic E-state index is 12.6. The highest BCUT2D eigenvalue weighted by Crippen LogP contribution is 2.44. The molecule has 2 aliphatic carbocycles. The van der Waals surface area contributed by atoms with Crippen LogP contribution in [0.15, 0.2) is 48.5 Å². The molecule has 4 rings (SSSR count). The van der Waals surface area contributed by atoms with Crippen molar-refractivity contribution in [1.29, 1.82) is 0 Å². The molecule has 2 aromatic carbocycles. The van der Waals surface area contributed by atoms with Gasteiger partial charge in [-0.15, -0.1) is 0 Å².